The van der Waals surface area contributed by atoms with Crippen LogP contribution in [0.3, 0.4) is 0 Å². The number of carboxylic acids is 1. The van der Waals surface area contributed by atoms with Crippen molar-refractivity contribution in [3.05, 3.63) is 28.7 Å². The van der Waals surface area contributed by atoms with Gasteiger partial charge in [-0.25, -0.2) is 4.79 Å². The Morgan fingerprint density at radius 2 is 2.35 bits per heavy atom. The molecule has 5 nitrogen and oxygen atoms in total. The number of nitrogens with one attached hydrogen (secondary N) is 1. The largest absolute Gasteiger partial charge is 0.478 e. The minimum Gasteiger partial charge on any atom is -0.478 e. The number of nitrogens with zero attached hydrogens (tertiary/aromatic N) is 1. The van der Waals surface area contributed by atoms with E-state index in [0.717, 1.165) is 36.2 Å². The predicted octanol–water partition coefficient (Wildman–Crippen LogP) is 2.17. The van der Waals surface area contributed by atoms with Gasteiger partial charge < -0.3 is 14.6 Å². The van der Waals surface area contributed by atoms with Crippen LogP contribution in [0.1, 0.15) is 33.7 Å². The molecule has 0 spiro atoms. The number of aromatic carboxylic acids is 1. The molecule has 2 aromatic rings. The Balaban J connectivity index is 2.29. The molecule has 0 aromatic carbocycles. The Labute approximate surface area is 97.4 Å². The van der Waals surface area contributed by atoms with Gasteiger partial charge in [-0.05, 0) is 26.2 Å². The molecule has 1 aliphatic rings. The van der Waals surface area contributed by atoms with E-state index in [-0.39, 0.29) is 5.56 Å². The molecular weight excluding hydrogens is 220 g/mol. The first-order chi connectivity index (χ1) is 8.18. The SMILES string of the molecule is Cc1noc2c1CCCc1[nH]cc(C(=O)O)c1-2. The molecule has 3 rings (SSSR count). The fourth-order valence-corrected chi connectivity index (χ4v) is 2.41. The maximum Gasteiger partial charge on any atom is 0.338 e. The molecule has 0 saturated carbocycles. The summed E-state index contributed by atoms with van der Waals surface area (Å²) in [6, 6.07) is 0. The molecular formula is C12H12N2O3. The van der Waals surface area contributed by atoms with Crippen LogP contribution >= 0.6 is 0 Å². The van der Waals surface area contributed by atoms with E-state index < -0.39 is 5.97 Å². The predicted molar refractivity (Wildman–Crippen MR) is 60.0 cm³/mol. The third kappa shape index (κ3) is 1.39. The molecule has 2 N–H and O–H groups in total. The second kappa shape index (κ2) is 3.48. The Morgan fingerprint density at radius 1 is 1.53 bits per heavy atom. The zero-order valence-corrected chi connectivity index (χ0v) is 9.41. The molecule has 0 radical (unpaired) electrons. The van der Waals surface area contributed by atoms with Crippen LogP contribution in [0, 0.1) is 6.92 Å². The average Bonchev–Trinajstić information content (AvgIpc) is 2.80. The number of carboxylic acid groups (broad SMARTS) is 1. The highest BCUT2D eigenvalue weighted by molar-refractivity contribution is 5.96. The molecule has 0 bridgehead atoms. The monoisotopic (exact) mass is 232 g/mol. The first-order valence-electron chi connectivity index (χ1n) is 5.57. The molecule has 2 heterocycles. The molecule has 0 aliphatic heterocycles. The normalized spacial score (nSPS) is 13.9. The number of rotatable bonds is 1. The lowest BCUT2D eigenvalue weighted by atomic mass is 10.0. The second-order valence-corrected chi connectivity index (χ2v) is 4.29. The zero-order valence-electron chi connectivity index (χ0n) is 9.41. The van der Waals surface area contributed by atoms with Gasteiger partial charge in [0.1, 0.15) is 0 Å². The van der Waals surface area contributed by atoms with Gasteiger partial charge in [-0.2, -0.15) is 0 Å². The van der Waals surface area contributed by atoms with Gasteiger partial charge in [0.25, 0.3) is 0 Å². The van der Waals surface area contributed by atoms with Crippen LogP contribution < -0.4 is 0 Å². The molecule has 0 unspecified atom stereocenters. The Hall–Kier alpha value is -2.04. The van der Waals surface area contributed by atoms with Crippen LogP contribution in [-0.2, 0) is 12.8 Å². The van der Waals surface area contributed by atoms with Crippen molar-refractivity contribution < 1.29 is 14.4 Å². The fraction of sp³-hybridized carbons (Fsp3) is 0.333. The van der Waals surface area contributed by atoms with E-state index >= 15 is 0 Å². The van der Waals surface area contributed by atoms with Gasteiger partial charge in [-0.15, -0.1) is 0 Å². The van der Waals surface area contributed by atoms with Crippen molar-refractivity contribution >= 4 is 5.97 Å². The molecule has 0 fully saturated rings. The number of aromatic nitrogens is 2. The lowest BCUT2D eigenvalue weighted by molar-refractivity contribution is 0.0697. The number of fused-ring (bicyclic) bond motifs is 3. The number of hydrogen-bond donors (Lipinski definition) is 2. The molecule has 1 aliphatic carbocycles. The number of carbonyl (C=O) groups is 1. The van der Waals surface area contributed by atoms with E-state index in [9.17, 15) is 9.90 Å². The standard InChI is InChI=1S/C12H12N2O3/c1-6-7-3-2-4-9-10(11(7)17-14-6)8(5-13-9)12(15)16/h5,13H,2-4H2,1H3,(H,15,16). The van der Waals surface area contributed by atoms with Crippen molar-refractivity contribution in [3.8, 4) is 11.3 Å². The summed E-state index contributed by atoms with van der Waals surface area (Å²) in [6.45, 7) is 1.89. The smallest absolute Gasteiger partial charge is 0.338 e. The highest BCUT2D eigenvalue weighted by atomic mass is 16.5. The average molecular weight is 232 g/mol. The molecule has 0 saturated heterocycles. The topological polar surface area (TPSA) is 79.1 Å². The van der Waals surface area contributed by atoms with E-state index in [1.807, 2.05) is 6.92 Å². The summed E-state index contributed by atoms with van der Waals surface area (Å²) in [5, 5.41) is 13.1. The minimum absolute atomic E-state index is 0.263. The summed E-state index contributed by atoms with van der Waals surface area (Å²) in [5.41, 5.74) is 3.75. The van der Waals surface area contributed by atoms with E-state index in [0.29, 0.717) is 11.3 Å². The third-order valence-electron chi connectivity index (χ3n) is 3.26. The summed E-state index contributed by atoms with van der Waals surface area (Å²) in [7, 11) is 0. The summed E-state index contributed by atoms with van der Waals surface area (Å²) >= 11 is 0. The van der Waals surface area contributed by atoms with Crippen molar-refractivity contribution in [2.45, 2.75) is 26.2 Å². The summed E-state index contributed by atoms with van der Waals surface area (Å²) in [5.74, 6) is -0.321. The molecule has 0 atom stereocenters. The summed E-state index contributed by atoms with van der Waals surface area (Å²) < 4.78 is 5.31. The molecule has 0 amide bonds. The van der Waals surface area contributed by atoms with Crippen LogP contribution in [-0.4, -0.2) is 21.2 Å². The Kier molecular flexibility index (Phi) is 2.07. The number of H-pyrrole nitrogens is 1. The quantitative estimate of drug-likeness (QED) is 0.789. The van der Waals surface area contributed by atoms with Gasteiger partial charge in [0.05, 0.1) is 16.8 Å². The molecule has 2 aromatic heterocycles. The van der Waals surface area contributed by atoms with Crippen LogP contribution in [0.15, 0.2) is 10.7 Å². The van der Waals surface area contributed by atoms with Gasteiger partial charge in [0.2, 0.25) is 0 Å². The van der Waals surface area contributed by atoms with E-state index in [4.69, 9.17) is 4.52 Å². The maximum atomic E-state index is 11.2. The Morgan fingerprint density at radius 3 is 3.12 bits per heavy atom. The number of aromatic amines is 1. The zero-order chi connectivity index (χ0) is 12.0. The maximum absolute atomic E-state index is 11.2. The fourth-order valence-electron chi connectivity index (χ4n) is 2.41. The van der Waals surface area contributed by atoms with Gasteiger partial charge >= 0.3 is 5.97 Å². The van der Waals surface area contributed by atoms with Crippen LogP contribution in [0.5, 0.6) is 0 Å². The van der Waals surface area contributed by atoms with Crippen molar-refractivity contribution in [1.29, 1.82) is 0 Å². The molecule has 5 heteroatoms. The third-order valence-corrected chi connectivity index (χ3v) is 3.26. The lowest BCUT2D eigenvalue weighted by Gasteiger charge is -1.98. The summed E-state index contributed by atoms with van der Waals surface area (Å²) in [4.78, 5) is 14.2. The van der Waals surface area contributed by atoms with Crippen molar-refractivity contribution in [3.63, 3.8) is 0 Å². The van der Waals surface area contributed by atoms with Gasteiger partial charge in [0, 0.05) is 17.5 Å². The van der Waals surface area contributed by atoms with Crippen molar-refractivity contribution in [1.82, 2.24) is 10.1 Å². The van der Waals surface area contributed by atoms with Crippen molar-refractivity contribution in [2.24, 2.45) is 0 Å². The van der Waals surface area contributed by atoms with Gasteiger partial charge in [-0.3, -0.25) is 0 Å². The lowest BCUT2D eigenvalue weighted by Crippen LogP contribution is -1.97. The second-order valence-electron chi connectivity index (χ2n) is 4.29. The highest BCUT2D eigenvalue weighted by Crippen LogP contribution is 2.36. The van der Waals surface area contributed by atoms with Crippen molar-refractivity contribution in [2.75, 3.05) is 0 Å². The van der Waals surface area contributed by atoms with E-state index in [2.05, 4.69) is 10.1 Å². The van der Waals surface area contributed by atoms with E-state index in [1.54, 1.807) is 0 Å². The first-order valence-corrected chi connectivity index (χ1v) is 5.57. The Bertz CT molecular complexity index is 595. The minimum atomic E-state index is -0.940. The first kappa shape index (κ1) is 10.1. The van der Waals surface area contributed by atoms with E-state index in [1.165, 1.54) is 6.20 Å². The van der Waals surface area contributed by atoms with Crippen LogP contribution in [0.2, 0.25) is 0 Å². The summed E-state index contributed by atoms with van der Waals surface area (Å²) in [6.07, 6.45) is 4.22. The van der Waals surface area contributed by atoms with Gasteiger partial charge in [0.15, 0.2) is 5.76 Å². The molecule has 88 valence electrons. The number of hydrogen-bond acceptors (Lipinski definition) is 3. The highest BCUT2D eigenvalue weighted by Gasteiger charge is 2.27. The van der Waals surface area contributed by atoms with Crippen LogP contribution in [0.4, 0.5) is 0 Å². The number of aryl methyl sites for hydroxylation is 2. The molecule has 17 heavy (non-hydrogen) atoms. The van der Waals surface area contributed by atoms with Gasteiger partial charge in [-0.1, -0.05) is 5.16 Å². The van der Waals surface area contributed by atoms with Crippen LogP contribution in [0.25, 0.3) is 11.3 Å².